The van der Waals surface area contributed by atoms with Gasteiger partial charge in [-0.25, -0.2) is 0 Å². The highest BCUT2D eigenvalue weighted by molar-refractivity contribution is 6.30. The van der Waals surface area contributed by atoms with Crippen LogP contribution >= 0.6 is 11.6 Å². The van der Waals surface area contributed by atoms with Crippen molar-refractivity contribution >= 4 is 22.5 Å². The van der Waals surface area contributed by atoms with E-state index in [1.165, 1.54) is 0 Å². The lowest BCUT2D eigenvalue weighted by Gasteiger charge is -2.09. The molecule has 1 atom stereocenters. The summed E-state index contributed by atoms with van der Waals surface area (Å²) in [6.45, 7) is 1.85. The zero-order valence-corrected chi connectivity index (χ0v) is 13.0. The maximum atomic E-state index is 10.5. The molecule has 1 N–H and O–H groups in total. The van der Waals surface area contributed by atoms with Crippen molar-refractivity contribution in [1.29, 1.82) is 0 Å². The summed E-state index contributed by atoms with van der Waals surface area (Å²) in [6, 6.07) is 7.98. The molecule has 0 spiro atoms. The van der Waals surface area contributed by atoms with Crippen LogP contribution in [0.4, 0.5) is 0 Å². The third-order valence-electron chi connectivity index (χ3n) is 3.75. The average Bonchev–Trinajstić information content (AvgIpc) is 2.89. The summed E-state index contributed by atoms with van der Waals surface area (Å²) in [5.41, 5.74) is 3.33. The molecule has 0 radical (unpaired) electrons. The van der Waals surface area contributed by atoms with E-state index in [0.717, 1.165) is 22.3 Å². The van der Waals surface area contributed by atoms with Gasteiger partial charge in [-0.2, -0.15) is 10.2 Å². The molecule has 1 aromatic carbocycles. The summed E-state index contributed by atoms with van der Waals surface area (Å²) in [6.07, 6.45) is -0.308. The number of halogens is 1. The minimum atomic E-state index is -0.718. The van der Waals surface area contributed by atoms with E-state index in [1.807, 2.05) is 42.9 Å². The van der Waals surface area contributed by atoms with E-state index in [2.05, 4.69) is 10.2 Å². The van der Waals surface area contributed by atoms with E-state index in [-0.39, 0.29) is 0 Å². The first-order valence-electron chi connectivity index (χ1n) is 6.76. The molecule has 3 aromatic rings. The maximum absolute atomic E-state index is 10.5. The van der Waals surface area contributed by atoms with Crippen LogP contribution in [-0.2, 0) is 20.5 Å². The van der Waals surface area contributed by atoms with Crippen molar-refractivity contribution in [3.05, 3.63) is 46.4 Å². The zero-order valence-electron chi connectivity index (χ0n) is 12.2. The van der Waals surface area contributed by atoms with Crippen molar-refractivity contribution < 1.29 is 5.11 Å². The van der Waals surface area contributed by atoms with Crippen LogP contribution in [0.15, 0.2) is 24.3 Å². The fourth-order valence-electron chi connectivity index (χ4n) is 2.75. The number of rotatable bonds is 3. The number of aryl methyl sites for hydroxylation is 3. The number of benzene rings is 1. The van der Waals surface area contributed by atoms with Crippen molar-refractivity contribution in [2.75, 3.05) is 0 Å². The van der Waals surface area contributed by atoms with E-state index in [4.69, 9.17) is 11.6 Å². The molecule has 0 aliphatic heterocycles. The Balaban J connectivity index is 1.98. The predicted octanol–water partition coefficient (Wildman–Crippen LogP) is 2.54. The second-order valence-corrected chi connectivity index (χ2v) is 5.58. The maximum Gasteiger partial charge on any atom is 0.132 e. The number of fused-ring (bicyclic) bond motifs is 1. The Morgan fingerprint density at radius 2 is 1.90 bits per heavy atom. The van der Waals surface area contributed by atoms with Gasteiger partial charge in [-0.15, -0.1) is 0 Å². The molecular weight excluding hydrogens is 288 g/mol. The molecule has 5 nitrogen and oxygen atoms in total. The highest BCUT2D eigenvalue weighted by atomic mass is 35.5. The number of para-hydroxylation sites is 1. The normalized spacial score (nSPS) is 13.0. The summed E-state index contributed by atoms with van der Waals surface area (Å²) >= 11 is 6.21. The second-order valence-electron chi connectivity index (χ2n) is 5.22. The summed E-state index contributed by atoms with van der Waals surface area (Å²) in [4.78, 5) is 0. The topological polar surface area (TPSA) is 55.9 Å². The third-order valence-corrected chi connectivity index (χ3v) is 4.20. The number of aromatic nitrogens is 4. The quantitative estimate of drug-likeness (QED) is 0.809. The van der Waals surface area contributed by atoms with Crippen LogP contribution in [0.1, 0.15) is 23.1 Å². The number of aliphatic hydroxyl groups is 1. The van der Waals surface area contributed by atoms with Crippen LogP contribution in [0, 0.1) is 6.92 Å². The van der Waals surface area contributed by atoms with Crippen LogP contribution in [0.3, 0.4) is 0 Å². The van der Waals surface area contributed by atoms with Crippen LogP contribution in [0.5, 0.6) is 0 Å². The molecule has 0 saturated heterocycles. The largest absolute Gasteiger partial charge is 0.388 e. The predicted molar refractivity (Wildman–Crippen MR) is 82.3 cm³/mol. The Kier molecular flexibility index (Phi) is 3.47. The van der Waals surface area contributed by atoms with Gasteiger partial charge in [0.1, 0.15) is 5.15 Å². The van der Waals surface area contributed by atoms with Gasteiger partial charge in [-0.3, -0.25) is 9.36 Å². The Morgan fingerprint density at radius 3 is 2.57 bits per heavy atom. The highest BCUT2D eigenvalue weighted by Gasteiger charge is 2.21. The minimum Gasteiger partial charge on any atom is -0.388 e. The molecule has 0 aliphatic rings. The van der Waals surface area contributed by atoms with E-state index < -0.39 is 6.10 Å². The first-order chi connectivity index (χ1) is 9.99. The van der Waals surface area contributed by atoms with E-state index in [1.54, 1.807) is 11.7 Å². The van der Waals surface area contributed by atoms with E-state index in [9.17, 15) is 5.11 Å². The molecule has 0 bridgehead atoms. The lowest BCUT2D eigenvalue weighted by molar-refractivity contribution is 0.176. The molecule has 21 heavy (non-hydrogen) atoms. The molecule has 110 valence electrons. The molecule has 6 heteroatoms. The van der Waals surface area contributed by atoms with Gasteiger partial charge < -0.3 is 5.11 Å². The van der Waals surface area contributed by atoms with Crippen molar-refractivity contribution in [3.8, 4) is 0 Å². The number of nitrogens with zero attached hydrogens (tertiary/aromatic N) is 4. The Bertz CT molecular complexity index is 805. The molecule has 0 saturated carbocycles. The minimum absolute atomic E-state index is 0.410. The Hall–Kier alpha value is -1.85. The molecule has 3 rings (SSSR count). The van der Waals surface area contributed by atoms with Gasteiger partial charge in [-0.05, 0) is 13.0 Å². The Morgan fingerprint density at radius 1 is 1.19 bits per heavy atom. The molecule has 0 amide bonds. The molecule has 0 fully saturated rings. The lowest BCUT2D eigenvalue weighted by Crippen LogP contribution is -2.05. The van der Waals surface area contributed by atoms with Gasteiger partial charge in [0.2, 0.25) is 0 Å². The lowest BCUT2D eigenvalue weighted by atomic mass is 10.0. The third kappa shape index (κ3) is 2.32. The first-order valence-corrected chi connectivity index (χ1v) is 7.14. The van der Waals surface area contributed by atoms with Crippen LogP contribution in [0.25, 0.3) is 10.9 Å². The molecular formula is C15H17ClN4O. The van der Waals surface area contributed by atoms with Gasteiger partial charge in [0, 0.05) is 31.5 Å². The van der Waals surface area contributed by atoms with E-state index in [0.29, 0.717) is 17.1 Å². The second kappa shape index (κ2) is 5.16. The van der Waals surface area contributed by atoms with Gasteiger partial charge in [0.15, 0.2) is 0 Å². The zero-order chi connectivity index (χ0) is 15.1. The van der Waals surface area contributed by atoms with Crippen molar-refractivity contribution in [2.24, 2.45) is 14.1 Å². The van der Waals surface area contributed by atoms with Crippen molar-refractivity contribution in [2.45, 2.75) is 19.4 Å². The summed E-state index contributed by atoms with van der Waals surface area (Å²) < 4.78 is 3.40. The van der Waals surface area contributed by atoms with Crippen LogP contribution < -0.4 is 0 Å². The smallest absolute Gasteiger partial charge is 0.132 e. The number of hydrogen-bond acceptors (Lipinski definition) is 3. The van der Waals surface area contributed by atoms with Crippen molar-refractivity contribution in [1.82, 2.24) is 19.6 Å². The molecule has 2 aromatic heterocycles. The van der Waals surface area contributed by atoms with E-state index >= 15 is 0 Å². The van der Waals surface area contributed by atoms with Crippen molar-refractivity contribution in [3.63, 3.8) is 0 Å². The summed E-state index contributed by atoms with van der Waals surface area (Å²) in [5, 5.41) is 20.8. The molecule has 1 unspecified atom stereocenters. The fraction of sp³-hybridized carbons (Fsp3) is 0.333. The van der Waals surface area contributed by atoms with Gasteiger partial charge in [-0.1, -0.05) is 29.8 Å². The number of aliphatic hydroxyl groups excluding tert-OH is 1. The monoisotopic (exact) mass is 304 g/mol. The van der Waals surface area contributed by atoms with Crippen LogP contribution in [0.2, 0.25) is 5.15 Å². The number of hydrogen-bond donors (Lipinski definition) is 1. The van der Waals surface area contributed by atoms with Gasteiger partial charge in [0.05, 0.1) is 23.0 Å². The Labute approximate surface area is 127 Å². The van der Waals surface area contributed by atoms with Crippen LogP contribution in [-0.4, -0.2) is 24.7 Å². The SMILES string of the molecule is Cc1nn(C)c(Cl)c1C(O)Cc1nn(C)c2ccccc12. The van der Waals surface area contributed by atoms with Gasteiger partial charge in [0.25, 0.3) is 0 Å². The standard InChI is InChI=1S/C15H17ClN4O/c1-9-14(15(16)20(3)17-9)13(21)8-11-10-6-4-5-7-12(10)19(2)18-11/h4-7,13,21H,8H2,1-3H3. The summed E-state index contributed by atoms with van der Waals surface area (Å²) in [7, 11) is 3.67. The molecule has 0 aliphatic carbocycles. The summed E-state index contributed by atoms with van der Waals surface area (Å²) in [5.74, 6) is 0. The first kappa shape index (κ1) is 14.1. The van der Waals surface area contributed by atoms with Gasteiger partial charge >= 0.3 is 0 Å². The average molecular weight is 305 g/mol. The molecule has 2 heterocycles. The fourth-order valence-corrected chi connectivity index (χ4v) is 3.05. The highest BCUT2D eigenvalue weighted by Crippen LogP contribution is 2.29.